The predicted molar refractivity (Wildman–Crippen MR) is 127 cm³/mol. The fourth-order valence-corrected chi connectivity index (χ4v) is 3.90. The average molecular weight is 490 g/mol. The van der Waals surface area contributed by atoms with Crippen LogP contribution in [-0.2, 0) is 13.2 Å². The van der Waals surface area contributed by atoms with Gasteiger partial charge in [-0.15, -0.1) is 0 Å². The van der Waals surface area contributed by atoms with Crippen molar-refractivity contribution in [3.63, 3.8) is 0 Å². The second-order valence-corrected chi connectivity index (χ2v) is 8.57. The Balaban J connectivity index is 1.42. The van der Waals surface area contributed by atoms with Crippen molar-refractivity contribution in [1.29, 1.82) is 0 Å². The Kier molecular flexibility index (Phi) is 5.87. The summed E-state index contributed by atoms with van der Waals surface area (Å²) in [6, 6.07) is 16.4. The summed E-state index contributed by atoms with van der Waals surface area (Å²) >= 11 is 0. The molecule has 0 spiro atoms. The lowest BCUT2D eigenvalue weighted by Gasteiger charge is -2.11. The third kappa shape index (κ3) is 4.49. The number of rotatable bonds is 5. The third-order valence-electron chi connectivity index (χ3n) is 5.69. The Bertz CT molecular complexity index is 1520. The lowest BCUT2D eigenvalue weighted by molar-refractivity contribution is -0.140. The molecule has 0 unspecified atom stereocenters. The first-order valence-electron chi connectivity index (χ1n) is 11.2. The summed E-state index contributed by atoms with van der Waals surface area (Å²) in [5.74, 6) is 1.64. The molecule has 10 heteroatoms. The lowest BCUT2D eigenvalue weighted by atomic mass is 9.97. The maximum atomic E-state index is 13.0. The summed E-state index contributed by atoms with van der Waals surface area (Å²) in [5.41, 5.74) is 2.79. The first-order chi connectivity index (χ1) is 17.2. The van der Waals surface area contributed by atoms with Gasteiger partial charge in [0.1, 0.15) is 11.5 Å². The SMILES string of the molecule is CC(C)c1ccccc1-c1nccc(-c2nc(-c3ccc(-c4nc(C(F)(F)F)cn4C)cc3)no2)n1. The van der Waals surface area contributed by atoms with Gasteiger partial charge in [-0.3, -0.25) is 0 Å². The van der Waals surface area contributed by atoms with Crippen LogP contribution in [-0.4, -0.2) is 29.7 Å². The van der Waals surface area contributed by atoms with Crippen LogP contribution in [0.3, 0.4) is 0 Å². The van der Waals surface area contributed by atoms with Gasteiger partial charge in [-0.2, -0.15) is 18.2 Å². The highest BCUT2D eigenvalue weighted by molar-refractivity contribution is 5.66. The van der Waals surface area contributed by atoms with Gasteiger partial charge in [0.05, 0.1) is 0 Å². The van der Waals surface area contributed by atoms with Crippen LogP contribution in [0.2, 0.25) is 0 Å². The van der Waals surface area contributed by atoms with E-state index in [-0.39, 0.29) is 11.7 Å². The topological polar surface area (TPSA) is 82.5 Å². The molecule has 36 heavy (non-hydrogen) atoms. The van der Waals surface area contributed by atoms with E-state index in [1.54, 1.807) is 36.5 Å². The molecule has 5 aromatic rings. The fourth-order valence-electron chi connectivity index (χ4n) is 3.90. The Labute approximate surface area is 204 Å². The number of benzene rings is 2. The number of aryl methyl sites for hydroxylation is 1. The van der Waals surface area contributed by atoms with Gasteiger partial charge in [-0.1, -0.05) is 67.5 Å². The highest BCUT2D eigenvalue weighted by atomic mass is 19.4. The highest BCUT2D eigenvalue weighted by Gasteiger charge is 2.34. The molecule has 0 N–H and O–H groups in total. The van der Waals surface area contributed by atoms with Crippen molar-refractivity contribution < 1.29 is 17.7 Å². The molecule has 7 nitrogen and oxygen atoms in total. The molecule has 0 fully saturated rings. The second kappa shape index (κ2) is 9.03. The molecule has 0 amide bonds. The van der Waals surface area contributed by atoms with Crippen molar-refractivity contribution in [3.05, 3.63) is 78.2 Å². The summed E-state index contributed by atoms with van der Waals surface area (Å²) in [4.78, 5) is 17.2. The molecule has 0 aliphatic carbocycles. The third-order valence-corrected chi connectivity index (χ3v) is 5.69. The Hall–Kier alpha value is -4.34. The van der Waals surface area contributed by atoms with Crippen molar-refractivity contribution in [2.45, 2.75) is 25.9 Å². The van der Waals surface area contributed by atoms with E-state index in [0.717, 1.165) is 17.3 Å². The smallest absolute Gasteiger partial charge is 0.333 e. The van der Waals surface area contributed by atoms with Crippen LogP contribution >= 0.6 is 0 Å². The maximum absolute atomic E-state index is 13.0. The van der Waals surface area contributed by atoms with Gasteiger partial charge in [-0.25, -0.2) is 15.0 Å². The lowest BCUT2D eigenvalue weighted by Crippen LogP contribution is -2.04. The molecular formula is C26H21F3N6O. The molecule has 2 aromatic carbocycles. The number of alkyl halides is 3. The molecule has 182 valence electrons. The van der Waals surface area contributed by atoms with Gasteiger partial charge in [0.15, 0.2) is 11.5 Å². The summed E-state index contributed by atoms with van der Waals surface area (Å²) in [7, 11) is 1.52. The monoisotopic (exact) mass is 490 g/mol. The van der Waals surface area contributed by atoms with E-state index in [2.05, 4.69) is 45.0 Å². The molecule has 3 aromatic heterocycles. The average Bonchev–Trinajstić information content (AvgIpc) is 3.52. The zero-order valence-corrected chi connectivity index (χ0v) is 19.7. The minimum absolute atomic E-state index is 0.206. The minimum Gasteiger partial charge on any atom is -0.333 e. The summed E-state index contributed by atoms with van der Waals surface area (Å²) in [5, 5.41) is 4.05. The van der Waals surface area contributed by atoms with Gasteiger partial charge in [0.25, 0.3) is 5.89 Å². The van der Waals surface area contributed by atoms with Gasteiger partial charge >= 0.3 is 6.18 Å². The largest absolute Gasteiger partial charge is 0.434 e. The Morgan fingerprint density at radius 1 is 0.861 bits per heavy atom. The molecule has 0 atom stereocenters. The van der Waals surface area contributed by atoms with E-state index in [9.17, 15) is 13.2 Å². The first-order valence-corrected chi connectivity index (χ1v) is 11.2. The fraction of sp³-hybridized carbons (Fsp3) is 0.192. The van der Waals surface area contributed by atoms with Crippen molar-refractivity contribution >= 4 is 0 Å². The minimum atomic E-state index is -4.51. The molecule has 0 radical (unpaired) electrons. The molecule has 0 aliphatic rings. The molecule has 0 bridgehead atoms. The van der Waals surface area contributed by atoms with Crippen molar-refractivity contribution in [1.82, 2.24) is 29.7 Å². The number of halogens is 3. The molecule has 0 saturated carbocycles. The summed E-state index contributed by atoms with van der Waals surface area (Å²) < 4.78 is 45.8. The van der Waals surface area contributed by atoms with E-state index in [4.69, 9.17) is 4.52 Å². The van der Waals surface area contributed by atoms with Crippen molar-refractivity contribution in [2.75, 3.05) is 0 Å². The first kappa shape index (κ1) is 23.4. The molecule has 0 aliphatic heterocycles. The van der Waals surface area contributed by atoms with Crippen LogP contribution in [0.15, 0.2) is 71.5 Å². The highest BCUT2D eigenvalue weighted by Crippen LogP contribution is 2.32. The molecular weight excluding hydrogens is 469 g/mol. The molecule has 5 rings (SSSR count). The normalized spacial score (nSPS) is 11.9. The van der Waals surface area contributed by atoms with Crippen LogP contribution in [0.4, 0.5) is 13.2 Å². The van der Waals surface area contributed by atoms with Crippen molar-refractivity contribution in [2.24, 2.45) is 7.05 Å². The van der Waals surface area contributed by atoms with Gasteiger partial charge in [0.2, 0.25) is 5.82 Å². The standard InChI is InChI=1S/C26H21F3N6O/c1-15(2)18-6-4-5-7-19(18)23-30-13-12-20(31-23)25-33-22(34-36-25)16-8-10-17(11-9-16)24-32-21(14-35(24)3)26(27,28)29/h4-15H,1-3H3. The Morgan fingerprint density at radius 2 is 1.58 bits per heavy atom. The van der Waals surface area contributed by atoms with Crippen LogP contribution in [0, 0.1) is 0 Å². The molecule has 3 heterocycles. The number of imidazole rings is 1. The quantitative estimate of drug-likeness (QED) is 0.283. The van der Waals surface area contributed by atoms with Gasteiger partial charge in [0, 0.05) is 36.1 Å². The van der Waals surface area contributed by atoms with Crippen LogP contribution in [0.1, 0.15) is 31.0 Å². The van der Waals surface area contributed by atoms with E-state index < -0.39 is 11.9 Å². The van der Waals surface area contributed by atoms with Crippen LogP contribution in [0.5, 0.6) is 0 Å². The summed E-state index contributed by atoms with van der Waals surface area (Å²) in [6.07, 6.45) is -1.89. The number of nitrogens with zero attached hydrogens (tertiary/aromatic N) is 6. The number of hydrogen-bond donors (Lipinski definition) is 0. The van der Waals surface area contributed by atoms with E-state index >= 15 is 0 Å². The van der Waals surface area contributed by atoms with E-state index in [1.807, 2.05) is 18.2 Å². The van der Waals surface area contributed by atoms with E-state index in [0.29, 0.717) is 34.4 Å². The predicted octanol–water partition coefficient (Wildman–Crippen LogP) is 6.40. The van der Waals surface area contributed by atoms with Gasteiger partial charge < -0.3 is 9.09 Å². The zero-order chi connectivity index (χ0) is 25.4. The maximum Gasteiger partial charge on any atom is 0.434 e. The van der Waals surface area contributed by atoms with Crippen molar-refractivity contribution in [3.8, 4) is 45.7 Å². The van der Waals surface area contributed by atoms with Crippen LogP contribution < -0.4 is 0 Å². The second-order valence-electron chi connectivity index (χ2n) is 8.57. The zero-order valence-electron chi connectivity index (χ0n) is 19.7. The number of hydrogen-bond acceptors (Lipinski definition) is 6. The summed E-state index contributed by atoms with van der Waals surface area (Å²) in [6.45, 7) is 4.22. The Morgan fingerprint density at radius 3 is 2.28 bits per heavy atom. The molecule has 0 saturated heterocycles. The van der Waals surface area contributed by atoms with Gasteiger partial charge in [-0.05, 0) is 17.5 Å². The van der Waals surface area contributed by atoms with Crippen LogP contribution in [0.25, 0.3) is 45.7 Å². The van der Waals surface area contributed by atoms with E-state index in [1.165, 1.54) is 11.6 Å². The number of aromatic nitrogens is 6.